The van der Waals surface area contributed by atoms with Gasteiger partial charge in [-0.25, -0.2) is 18.5 Å². The number of hydrogen-bond donors (Lipinski definition) is 2. The fraction of sp³-hybridized carbons (Fsp3) is 0.125. The van der Waals surface area contributed by atoms with Crippen LogP contribution in [-0.2, 0) is 14.8 Å². The fourth-order valence-corrected chi connectivity index (χ4v) is 4.63. The zero-order valence-corrected chi connectivity index (χ0v) is 19.3. The Hall–Kier alpha value is -4.02. The quantitative estimate of drug-likeness (QED) is 0.466. The number of amides is 1. The molecule has 0 fully saturated rings. The molecule has 1 aromatic heterocycles. The first-order chi connectivity index (χ1) is 16.2. The number of primary sulfonamides is 1. The van der Waals surface area contributed by atoms with E-state index in [1.54, 1.807) is 30.3 Å². The average molecular weight is 475 g/mol. The molecule has 0 bridgehead atoms. The van der Waals surface area contributed by atoms with Crippen LogP contribution in [0.3, 0.4) is 0 Å². The van der Waals surface area contributed by atoms with E-state index in [1.165, 1.54) is 12.1 Å². The van der Waals surface area contributed by atoms with Crippen molar-refractivity contribution in [2.24, 2.45) is 5.14 Å². The zero-order chi connectivity index (χ0) is 24.0. The Bertz CT molecular complexity index is 1520. The molecule has 0 radical (unpaired) electrons. The molecule has 9 nitrogen and oxygen atoms in total. The maximum Gasteiger partial charge on any atom is 0.254 e. The average Bonchev–Trinajstić information content (AvgIpc) is 2.82. The molecule has 0 saturated carbocycles. The summed E-state index contributed by atoms with van der Waals surface area (Å²) in [6.45, 7) is 0. The summed E-state index contributed by atoms with van der Waals surface area (Å²) in [5.74, 6) is 0.834. The van der Waals surface area contributed by atoms with Gasteiger partial charge in [-0.2, -0.15) is 4.98 Å². The maximum atomic E-state index is 13.3. The molecule has 2 heterocycles. The number of benzene rings is 3. The van der Waals surface area contributed by atoms with E-state index < -0.39 is 16.1 Å². The van der Waals surface area contributed by atoms with Gasteiger partial charge in [0.05, 0.1) is 11.1 Å². The zero-order valence-electron chi connectivity index (χ0n) is 18.5. The van der Waals surface area contributed by atoms with Gasteiger partial charge in [0, 0.05) is 19.8 Å². The van der Waals surface area contributed by atoms with Crippen molar-refractivity contribution in [2.45, 2.75) is 10.9 Å². The summed E-state index contributed by atoms with van der Waals surface area (Å²) in [7, 11) is -0.225. The SMILES string of the molecule is CN1C(=O)C(c2ccc3ccccc3c2)N(C)c2nc(Nc3ccc(S(N)(=O)=O)cc3)ncc21. The van der Waals surface area contributed by atoms with Crippen LogP contribution in [-0.4, -0.2) is 38.4 Å². The lowest BCUT2D eigenvalue weighted by Gasteiger charge is -2.38. The number of nitrogens with two attached hydrogens (primary N) is 1. The van der Waals surface area contributed by atoms with Gasteiger partial charge in [0.2, 0.25) is 16.0 Å². The monoisotopic (exact) mass is 474 g/mol. The van der Waals surface area contributed by atoms with E-state index in [2.05, 4.69) is 15.3 Å². The fourth-order valence-electron chi connectivity index (χ4n) is 4.11. The molecule has 1 amide bonds. The van der Waals surface area contributed by atoms with Gasteiger partial charge in [0.15, 0.2) is 5.82 Å². The summed E-state index contributed by atoms with van der Waals surface area (Å²) in [5, 5.41) is 10.4. The number of carbonyl (C=O) groups excluding carboxylic acids is 1. The maximum absolute atomic E-state index is 13.3. The number of nitrogens with one attached hydrogen (secondary N) is 1. The first kappa shape index (κ1) is 21.8. The number of hydrogen-bond acceptors (Lipinski definition) is 7. The predicted octanol–water partition coefficient (Wildman–Crippen LogP) is 3.17. The number of aromatic nitrogens is 2. The van der Waals surface area contributed by atoms with Crippen LogP contribution in [0.5, 0.6) is 0 Å². The number of anilines is 4. The summed E-state index contributed by atoms with van der Waals surface area (Å²) in [4.78, 5) is 25.7. The molecule has 3 N–H and O–H groups in total. The molecule has 172 valence electrons. The standard InChI is InChI=1S/C24H22N6O3S/c1-29-20-14-26-24(27-18-9-11-19(12-10-18)34(25,32)33)28-22(20)30(2)21(23(29)31)17-8-7-15-5-3-4-6-16(15)13-17/h3-14,21H,1-2H3,(H2,25,32,33)(H,26,27,28). The van der Waals surface area contributed by atoms with Crippen molar-refractivity contribution < 1.29 is 13.2 Å². The van der Waals surface area contributed by atoms with Gasteiger partial charge in [-0.1, -0.05) is 36.4 Å². The summed E-state index contributed by atoms with van der Waals surface area (Å²) < 4.78 is 22.9. The highest BCUT2D eigenvalue weighted by atomic mass is 32.2. The predicted molar refractivity (Wildman–Crippen MR) is 132 cm³/mol. The number of carbonyl (C=O) groups is 1. The lowest BCUT2D eigenvalue weighted by molar-refractivity contribution is -0.120. The van der Waals surface area contributed by atoms with E-state index in [9.17, 15) is 13.2 Å². The molecule has 34 heavy (non-hydrogen) atoms. The third kappa shape index (κ3) is 3.82. The second-order valence-corrected chi connectivity index (χ2v) is 9.68. The molecule has 5 rings (SSSR count). The first-order valence-electron chi connectivity index (χ1n) is 10.5. The summed E-state index contributed by atoms with van der Waals surface area (Å²) >= 11 is 0. The van der Waals surface area contributed by atoms with Crippen LogP contribution < -0.4 is 20.3 Å². The molecular weight excluding hydrogens is 452 g/mol. The highest BCUT2D eigenvalue weighted by molar-refractivity contribution is 7.89. The molecule has 0 aliphatic carbocycles. The van der Waals surface area contributed by atoms with Crippen molar-refractivity contribution in [2.75, 3.05) is 29.2 Å². The van der Waals surface area contributed by atoms with Crippen LogP contribution in [0.4, 0.5) is 23.1 Å². The van der Waals surface area contributed by atoms with Gasteiger partial charge in [-0.3, -0.25) is 4.79 Å². The minimum Gasteiger partial charge on any atom is -0.342 e. The van der Waals surface area contributed by atoms with Crippen molar-refractivity contribution in [3.8, 4) is 0 Å². The van der Waals surface area contributed by atoms with Crippen LogP contribution in [0.2, 0.25) is 0 Å². The van der Waals surface area contributed by atoms with E-state index in [-0.39, 0.29) is 10.8 Å². The number of sulfonamides is 1. The molecule has 0 spiro atoms. The molecule has 1 unspecified atom stereocenters. The highest BCUT2D eigenvalue weighted by Gasteiger charge is 2.37. The molecule has 1 aliphatic heterocycles. The van der Waals surface area contributed by atoms with Crippen molar-refractivity contribution in [1.29, 1.82) is 0 Å². The summed E-state index contributed by atoms with van der Waals surface area (Å²) in [5.41, 5.74) is 2.07. The highest BCUT2D eigenvalue weighted by Crippen LogP contribution is 2.39. The van der Waals surface area contributed by atoms with Gasteiger partial charge >= 0.3 is 0 Å². The molecule has 1 aliphatic rings. The lowest BCUT2D eigenvalue weighted by atomic mass is 9.98. The van der Waals surface area contributed by atoms with Crippen LogP contribution in [0.25, 0.3) is 10.8 Å². The molecule has 3 aromatic carbocycles. The van der Waals surface area contributed by atoms with Crippen LogP contribution in [0.15, 0.2) is 77.8 Å². The Morgan fingerprint density at radius 2 is 1.68 bits per heavy atom. The molecule has 0 saturated heterocycles. The van der Waals surface area contributed by atoms with Crippen molar-refractivity contribution >= 4 is 49.8 Å². The Morgan fingerprint density at radius 1 is 0.971 bits per heavy atom. The van der Waals surface area contributed by atoms with Crippen LogP contribution >= 0.6 is 0 Å². The Morgan fingerprint density at radius 3 is 2.38 bits per heavy atom. The number of fused-ring (bicyclic) bond motifs is 2. The first-order valence-corrected chi connectivity index (χ1v) is 12.0. The van der Waals surface area contributed by atoms with Crippen molar-refractivity contribution in [1.82, 2.24) is 9.97 Å². The van der Waals surface area contributed by atoms with E-state index in [4.69, 9.17) is 5.14 Å². The van der Waals surface area contributed by atoms with Gasteiger partial charge in [0.25, 0.3) is 5.91 Å². The Labute approximate surface area is 196 Å². The Kier molecular flexibility index (Phi) is 5.18. The molecule has 10 heteroatoms. The second-order valence-electron chi connectivity index (χ2n) is 8.11. The van der Waals surface area contributed by atoms with Gasteiger partial charge < -0.3 is 15.1 Å². The third-order valence-electron chi connectivity index (χ3n) is 5.93. The van der Waals surface area contributed by atoms with E-state index >= 15 is 0 Å². The second kappa shape index (κ2) is 8.08. The summed E-state index contributed by atoms with van der Waals surface area (Å²) in [6.07, 6.45) is 1.59. The summed E-state index contributed by atoms with van der Waals surface area (Å²) in [6, 6.07) is 19.5. The van der Waals surface area contributed by atoms with E-state index in [0.717, 1.165) is 16.3 Å². The van der Waals surface area contributed by atoms with Gasteiger partial charge in [-0.05, 0) is 46.7 Å². The van der Waals surface area contributed by atoms with Crippen molar-refractivity contribution in [3.05, 3.63) is 78.5 Å². The van der Waals surface area contributed by atoms with E-state index in [0.29, 0.717) is 23.1 Å². The number of nitrogens with zero attached hydrogens (tertiary/aromatic N) is 4. The Balaban J connectivity index is 1.48. The number of rotatable bonds is 4. The largest absolute Gasteiger partial charge is 0.342 e. The minimum atomic E-state index is -3.77. The van der Waals surface area contributed by atoms with Gasteiger partial charge in [-0.15, -0.1) is 0 Å². The van der Waals surface area contributed by atoms with Crippen LogP contribution in [0, 0.1) is 0 Å². The topological polar surface area (TPSA) is 122 Å². The minimum absolute atomic E-state index is 0.0162. The van der Waals surface area contributed by atoms with E-state index in [1.807, 2.05) is 54.4 Å². The third-order valence-corrected chi connectivity index (χ3v) is 6.85. The smallest absolute Gasteiger partial charge is 0.254 e. The normalized spacial score (nSPS) is 16.0. The number of likely N-dealkylation sites (N-methyl/N-ethyl adjacent to an activating group) is 2. The van der Waals surface area contributed by atoms with Crippen molar-refractivity contribution in [3.63, 3.8) is 0 Å². The molecule has 1 atom stereocenters. The molecule has 4 aromatic rings. The van der Waals surface area contributed by atoms with Gasteiger partial charge in [0.1, 0.15) is 11.7 Å². The van der Waals surface area contributed by atoms with Crippen LogP contribution in [0.1, 0.15) is 11.6 Å². The lowest BCUT2D eigenvalue weighted by Crippen LogP contribution is -2.45. The molecular formula is C24H22N6O3S.